The molecule has 31 heavy (non-hydrogen) atoms. The number of anilines is 1. The molecule has 1 aromatic carbocycles. The van der Waals surface area contributed by atoms with E-state index in [-0.39, 0.29) is 0 Å². The van der Waals surface area contributed by atoms with Crippen LogP contribution in [0.3, 0.4) is 0 Å². The van der Waals surface area contributed by atoms with Crippen LogP contribution in [0.2, 0.25) is 5.02 Å². The van der Waals surface area contributed by atoms with Crippen molar-refractivity contribution in [3.63, 3.8) is 0 Å². The van der Waals surface area contributed by atoms with Crippen LogP contribution >= 0.6 is 11.6 Å². The minimum absolute atomic E-state index is 0.533. The zero-order valence-electron chi connectivity index (χ0n) is 17.9. The summed E-state index contributed by atoms with van der Waals surface area (Å²) in [5.74, 6) is 3.88. The highest BCUT2D eigenvalue weighted by molar-refractivity contribution is 6.30. The molecule has 2 unspecified atom stereocenters. The number of fused-ring (bicyclic) bond motifs is 2. The molecule has 164 valence electrons. The summed E-state index contributed by atoms with van der Waals surface area (Å²) in [6, 6.07) is 8.55. The second-order valence-corrected chi connectivity index (χ2v) is 9.00. The Balaban J connectivity index is 1.31. The Hall–Kier alpha value is -2.61. The minimum Gasteiger partial charge on any atom is -0.424 e. The predicted molar refractivity (Wildman–Crippen MR) is 116 cm³/mol. The average Bonchev–Trinajstić information content (AvgIpc) is 3.39. The van der Waals surface area contributed by atoms with Crippen molar-refractivity contribution in [2.45, 2.75) is 46.1 Å². The summed E-state index contributed by atoms with van der Waals surface area (Å²) < 4.78 is 13.6. The molecule has 8 nitrogen and oxygen atoms in total. The van der Waals surface area contributed by atoms with Crippen LogP contribution < -0.4 is 9.64 Å². The molecular weight excluding hydrogens is 416 g/mol. The number of rotatable bonds is 7. The molecule has 1 aliphatic heterocycles. The Morgan fingerprint density at radius 1 is 1.19 bits per heavy atom. The van der Waals surface area contributed by atoms with E-state index in [9.17, 15) is 0 Å². The maximum absolute atomic E-state index is 6.10. The lowest BCUT2D eigenvalue weighted by atomic mass is 9.82. The van der Waals surface area contributed by atoms with Crippen LogP contribution in [0, 0.1) is 24.7 Å². The monoisotopic (exact) mass is 442 g/mol. The van der Waals surface area contributed by atoms with E-state index in [1.807, 2.05) is 29.8 Å². The van der Waals surface area contributed by atoms with Gasteiger partial charge < -0.3 is 14.1 Å². The van der Waals surface area contributed by atoms with Crippen molar-refractivity contribution in [3.05, 3.63) is 41.0 Å². The van der Waals surface area contributed by atoms with E-state index in [4.69, 9.17) is 30.8 Å². The Labute approximate surface area is 186 Å². The van der Waals surface area contributed by atoms with Crippen molar-refractivity contribution in [1.29, 1.82) is 0 Å². The van der Waals surface area contributed by atoms with E-state index in [0.29, 0.717) is 46.4 Å². The average molecular weight is 443 g/mol. The standard InChI is InChI=1S/C22H27ClN6O2/c1-3-9-29-21(31-18-6-4-5-17(23)10-18)24-20(27-29)11-19-15-7-8-16(19)13-28(12-15)22-26-25-14(2)30-22/h4-6,10,15-16,19H,3,7-9,11-13H2,1-2H3. The van der Waals surface area contributed by atoms with Gasteiger partial charge in [0.2, 0.25) is 5.89 Å². The van der Waals surface area contributed by atoms with Gasteiger partial charge in [-0.15, -0.1) is 5.10 Å². The first-order valence-electron chi connectivity index (χ1n) is 11.0. The summed E-state index contributed by atoms with van der Waals surface area (Å²) in [5, 5.41) is 13.6. The van der Waals surface area contributed by atoms with Crippen molar-refractivity contribution in [2.24, 2.45) is 17.8 Å². The van der Waals surface area contributed by atoms with Gasteiger partial charge in [0.25, 0.3) is 0 Å². The first-order chi connectivity index (χ1) is 15.1. The van der Waals surface area contributed by atoms with Crippen LogP contribution in [-0.4, -0.2) is 38.1 Å². The highest BCUT2D eigenvalue weighted by Gasteiger charge is 2.43. The molecule has 0 spiro atoms. The lowest BCUT2D eigenvalue weighted by molar-refractivity contribution is 0.257. The maximum Gasteiger partial charge on any atom is 0.320 e. The number of halogens is 1. The van der Waals surface area contributed by atoms with Gasteiger partial charge in [-0.3, -0.25) is 0 Å². The van der Waals surface area contributed by atoms with Crippen LogP contribution in [-0.2, 0) is 13.0 Å². The first-order valence-corrected chi connectivity index (χ1v) is 11.4. The van der Waals surface area contributed by atoms with Gasteiger partial charge in [-0.1, -0.05) is 29.7 Å². The quantitative estimate of drug-likeness (QED) is 0.531. The van der Waals surface area contributed by atoms with Gasteiger partial charge in [-0.25, -0.2) is 4.68 Å². The minimum atomic E-state index is 0.533. The largest absolute Gasteiger partial charge is 0.424 e. The Kier molecular flexibility index (Phi) is 5.56. The third kappa shape index (κ3) is 4.26. The molecule has 2 fully saturated rings. The molecule has 1 saturated carbocycles. The topological polar surface area (TPSA) is 82.1 Å². The molecule has 3 heterocycles. The normalized spacial score (nSPS) is 22.8. The molecule has 1 saturated heterocycles. The summed E-state index contributed by atoms with van der Waals surface area (Å²) in [5.41, 5.74) is 0. The molecule has 5 rings (SSSR count). The lowest BCUT2D eigenvalue weighted by Gasteiger charge is -2.36. The molecule has 2 atom stereocenters. The molecule has 2 aliphatic rings. The zero-order chi connectivity index (χ0) is 21.4. The fraction of sp³-hybridized carbons (Fsp3) is 0.545. The molecule has 3 aromatic rings. The third-order valence-corrected chi connectivity index (χ3v) is 6.59. The van der Waals surface area contributed by atoms with E-state index in [1.54, 1.807) is 6.07 Å². The number of aryl methyl sites for hydroxylation is 2. The summed E-state index contributed by atoms with van der Waals surface area (Å²) in [6.07, 6.45) is 4.28. The zero-order valence-corrected chi connectivity index (χ0v) is 18.6. The van der Waals surface area contributed by atoms with Gasteiger partial charge in [-0.2, -0.15) is 10.1 Å². The highest BCUT2D eigenvalue weighted by Crippen LogP contribution is 2.44. The lowest BCUT2D eigenvalue weighted by Crippen LogP contribution is -2.43. The number of piperidine rings is 1. The van der Waals surface area contributed by atoms with Gasteiger partial charge in [0, 0.05) is 38.0 Å². The van der Waals surface area contributed by atoms with Gasteiger partial charge in [-0.05, 0) is 55.2 Å². The van der Waals surface area contributed by atoms with E-state index in [2.05, 4.69) is 22.0 Å². The highest BCUT2D eigenvalue weighted by atomic mass is 35.5. The molecule has 2 bridgehead atoms. The van der Waals surface area contributed by atoms with Crippen molar-refractivity contribution in [3.8, 4) is 11.8 Å². The number of hydrogen-bond acceptors (Lipinski definition) is 7. The Morgan fingerprint density at radius 3 is 2.68 bits per heavy atom. The van der Waals surface area contributed by atoms with Crippen LogP contribution in [0.5, 0.6) is 11.8 Å². The first kappa shape index (κ1) is 20.3. The summed E-state index contributed by atoms with van der Waals surface area (Å²) in [6.45, 7) is 6.62. The van der Waals surface area contributed by atoms with Crippen molar-refractivity contribution >= 4 is 17.6 Å². The number of aromatic nitrogens is 5. The summed E-state index contributed by atoms with van der Waals surface area (Å²) >= 11 is 6.10. The smallest absolute Gasteiger partial charge is 0.320 e. The summed E-state index contributed by atoms with van der Waals surface area (Å²) in [4.78, 5) is 7.00. The fourth-order valence-corrected chi connectivity index (χ4v) is 5.16. The number of nitrogens with zero attached hydrogens (tertiary/aromatic N) is 6. The molecule has 9 heteroatoms. The van der Waals surface area contributed by atoms with Gasteiger partial charge in [0.1, 0.15) is 5.75 Å². The van der Waals surface area contributed by atoms with Crippen LogP contribution in [0.25, 0.3) is 0 Å². The van der Waals surface area contributed by atoms with Crippen LogP contribution in [0.1, 0.15) is 37.9 Å². The third-order valence-electron chi connectivity index (χ3n) is 6.36. The summed E-state index contributed by atoms with van der Waals surface area (Å²) in [7, 11) is 0. The molecule has 0 amide bonds. The second kappa shape index (κ2) is 8.49. The van der Waals surface area contributed by atoms with E-state index in [1.165, 1.54) is 12.8 Å². The van der Waals surface area contributed by atoms with Gasteiger partial charge >= 0.3 is 12.0 Å². The van der Waals surface area contributed by atoms with Crippen LogP contribution in [0.4, 0.5) is 6.01 Å². The van der Waals surface area contributed by atoms with Crippen molar-refractivity contribution in [1.82, 2.24) is 25.0 Å². The second-order valence-electron chi connectivity index (χ2n) is 8.57. The molecule has 1 aliphatic carbocycles. The van der Waals surface area contributed by atoms with Crippen LogP contribution in [0.15, 0.2) is 28.7 Å². The molecule has 0 N–H and O–H groups in total. The van der Waals surface area contributed by atoms with Crippen molar-refractivity contribution < 1.29 is 9.15 Å². The van der Waals surface area contributed by atoms with Crippen molar-refractivity contribution in [2.75, 3.05) is 18.0 Å². The number of ether oxygens (including phenoxy) is 1. The van der Waals surface area contributed by atoms with Gasteiger partial charge in [0.15, 0.2) is 5.82 Å². The molecular formula is C22H27ClN6O2. The van der Waals surface area contributed by atoms with Gasteiger partial charge in [0.05, 0.1) is 0 Å². The van der Waals surface area contributed by atoms with E-state index in [0.717, 1.165) is 38.3 Å². The molecule has 2 aromatic heterocycles. The molecule has 0 radical (unpaired) electrons. The number of hydrogen-bond donors (Lipinski definition) is 0. The predicted octanol–water partition coefficient (Wildman–Crippen LogP) is 4.53. The van der Waals surface area contributed by atoms with E-state index < -0.39 is 0 Å². The van der Waals surface area contributed by atoms with E-state index >= 15 is 0 Å². The number of benzene rings is 1. The maximum atomic E-state index is 6.10. The Bertz CT molecular complexity index is 1040. The Morgan fingerprint density at radius 2 is 2.00 bits per heavy atom. The SMILES string of the molecule is CCCn1nc(CC2C3CCC2CN(c2nnc(C)o2)C3)nc1Oc1cccc(Cl)c1. The fourth-order valence-electron chi connectivity index (χ4n) is 4.98.